The minimum atomic E-state index is 0.304. The maximum Gasteiger partial charge on any atom is 0.0434 e. The van der Waals surface area contributed by atoms with Gasteiger partial charge in [-0.2, -0.15) is 0 Å². The maximum absolute atomic E-state index is 5.81. The van der Waals surface area contributed by atoms with Crippen molar-refractivity contribution in [2.75, 3.05) is 19.6 Å². The Morgan fingerprint density at radius 2 is 2.42 bits per heavy atom. The topological polar surface area (TPSA) is 29.3 Å². The number of nitrogens with zero attached hydrogens (tertiary/aromatic N) is 1. The van der Waals surface area contributed by atoms with Crippen LogP contribution in [0.15, 0.2) is 10.6 Å². The molecule has 0 aromatic carbocycles. The highest BCUT2D eigenvalue weighted by atomic mass is 35.5. The van der Waals surface area contributed by atoms with Gasteiger partial charge in [-0.1, -0.05) is 23.2 Å². The van der Waals surface area contributed by atoms with Crippen molar-refractivity contribution >= 4 is 23.2 Å². The molecule has 1 saturated heterocycles. The predicted molar refractivity (Wildman–Crippen MR) is 53.4 cm³/mol. The van der Waals surface area contributed by atoms with Gasteiger partial charge in [0.2, 0.25) is 0 Å². The molecule has 0 aromatic rings. The van der Waals surface area contributed by atoms with E-state index in [0.29, 0.717) is 11.1 Å². The highest BCUT2D eigenvalue weighted by molar-refractivity contribution is 6.36. The van der Waals surface area contributed by atoms with Gasteiger partial charge < -0.3 is 5.73 Å². The van der Waals surface area contributed by atoms with Crippen LogP contribution in [0.1, 0.15) is 12.8 Å². The Bertz CT molecular complexity index is 170. The first kappa shape index (κ1) is 10.3. The van der Waals surface area contributed by atoms with E-state index in [2.05, 4.69) is 4.90 Å². The third-order valence-electron chi connectivity index (χ3n) is 2.04. The fourth-order valence-electron chi connectivity index (χ4n) is 1.48. The molecule has 4 heteroatoms. The maximum atomic E-state index is 5.81. The highest BCUT2D eigenvalue weighted by Gasteiger charge is 2.16. The largest absolute Gasteiger partial charge is 0.327 e. The van der Waals surface area contributed by atoms with Gasteiger partial charge >= 0.3 is 0 Å². The molecule has 1 unspecified atom stereocenters. The van der Waals surface area contributed by atoms with Gasteiger partial charge in [-0.05, 0) is 19.4 Å². The molecule has 1 atom stereocenters. The van der Waals surface area contributed by atoms with E-state index in [-0.39, 0.29) is 0 Å². The molecule has 0 bridgehead atoms. The lowest BCUT2D eigenvalue weighted by atomic mass is 10.1. The fraction of sp³-hybridized carbons (Fsp3) is 0.750. The van der Waals surface area contributed by atoms with Crippen LogP contribution in [0.4, 0.5) is 0 Å². The van der Waals surface area contributed by atoms with Crippen LogP contribution in [0.5, 0.6) is 0 Å². The summed E-state index contributed by atoms with van der Waals surface area (Å²) in [6.07, 6.45) is 2.28. The Kier molecular flexibility index (Phi) is 4.36. The summed E-state index contributed by atoms with van der Waals surface area (Å²) in [4.78, 5) is 2.23. The molecular formula is C8H14Cl2N2. The van der Waals surface area contributed by atoms with Gasteiger partial charge in [-0.15, -0.1) is 0 Å². The highest BCUT2D eigenvalue weighted by Crippen LogP contribution is 2.12. The second-order valence-electron chi connectivity index (χ2n) is 3.19. The first-order valence-corrected chi connectivity index (χ1v) is 4.96. The number of hydrogen-bond donors (Lipinski definition) is 1. The standard InChI is InChI=1S/C8H14Cl2N2/c9-4-7(10)5-12-3-1-2-8(11)6-12/h4,8H,1-3,5-6,11H2/b7-4-. The Balaban J connectivity index is 2.32. The summed E-state index contributed by atoms with van der Waals surface area (Å²) in [5.74, 6) is 0. The van der Waals surface area contributed by atoms with E-state index in [4.69, 9.17) is 28.9 Å². The minimum absolute atomic E-state index is 0.304. The van der Waals surface area contributed by atoms with Crippen LogP contribution in [-0.2, 0) is 0 Å². The summed E-state index contributed by atoms with van der Waals surface area (Å²) in [5.41, 5.74) is 7.22. The minimum Gasteiger partial charge on any atom is -0.327 e. The van der Waals surface area contributed by atoms with Gasteiger partial charge in [0, 0.05) is 29.7 Å². The molecule has 1 aliphatic rings. The molecule has 70 valence electrons. The molecule has 0 amide bonds. The third-order valence-corrected chi connectivity index (χ3v) is 2.64. The smallest absolute Gasteiger partial charge is 0.0434 e. The SMILES string of the molecule is NC1CCCN(C/C(Cl)=C/Cl)C1. The van der Waals surface area contributed by atoms with Crippen LogP contribution in [0.3, 0.4) is 0 Å². The monoisotopic (exact) mass is 208 g/mol. The second-order valence-corrected chi connectivity index (χ2v) is 3.90. The number of likely N-dealkylation sites (tertiary alicyclic amines) is 1. The number of nitrogens with two attached hydrogens (primary N) is 1. The van der Waals surface area contributed by atoms with E-state index in [1.165, 1.54) is 5.54 Å². The molecular weight excluding hydrogens is 195 g/mol. The quantitative estimate of drug-likeness (QED) is 0.750. The van der Waals surface area contributed by atoms with Crippen molar-refractivity contribution in [1.82, 2.24) is 4.90 Å². The van der Waals surface area contributed by atoms with Gasteiger partial charge in [-0.25, -0.2) is 0 Å². The van der Waals surface area contributed by atoms with E-state index < -0.39 is 0 Å². The van der Waals surface area contributed by atoms with Crippen LogP contribution < -0.4 is 5.73 Å². The first-order chi connectivity index (χ1) is 5.72. The molecule has 1 aliphatic heterocycles. The summed E-state index contributed by atoms with van der Waals surface area (Å²) in [7, 11) is 0. The number of rotatable bonds is 2. The van der Waals surface area contributed by atoms with Crippen LogP contribution >= 0.6 is 23.2 Å². The zero-order valence-electron chi connectivity index (χ0n) is 6.97. The molecule has 2 N–H and O–H groups in total. The molecule has 0 spiro atoms. The average Bonchev–Trinajstić information content (AvgIpc) is 2.04. The second kappa shape index (κ2) is 5.07. The number of hydrogen-bond acceptors (Lipinski definition) is 2. The van der Waals surface area contributed by atoms with E-state index >= 15 is 0 Å². The van der Waals surface area contributed by atoms with E-state index in [0.717, 1.165) is 32.5 Å². The van der Waals surface area contributed by atoms with Crippen molar-refractivity contribution in [3.63, 3.8) is 0 Å². The zero-order valence-corrected chi connectivity index (χ0v) is 8.48. The van der Waals surface area contributed by atoms with Crippen molar-refractivity contribution in [2.45, 2.75) is 18.9 Å². The van der Waals surface area contributed by atoms with Crippen LogP contribution in [0, 0.1) is 0 Å². The van der Waals surface area contributed by atoms with Crippen LogP contribution in [-0.4, -0.2) is 30.6 Å². The van der Waals surface area contributed by atoms with Gasteiger partial charge in [0.15, 0.2) is 0 Å². The summed E-state index contributed by atoms with van der Waals surface area (Å²) in [6.45, 7) is 2.74. The Morgan fingerprint density at radius 1 is 1.67 bits per heavy atom. The lowest BCUT2D eigenvalue weighted by Gasteiger charge is -2.30. The Morgan fingerprint density at radius 3 is 3.00 bits per heavy atom. The molecule has 1 fully saturated rings. The molecule has 0 aliphatic carbocycles. The van der Waals surface area contributed by atoms with Crippen LogP contribution in [0.25, 0.3) is 0 Å². The number of halogens is 2. The molecule has 0 radical (unpaired) electrons. The van der Waals surface area contributed by atoms with Crippen molar-refractivity contribution in [1.29, 1.82) is 0 Å². The first-order valence-electron chi connectivity index (χ1n) is 4.15. The van der Waals surface area contributed by atoms with Gasteiger partial charge in [0.05, 0.1) is 0 Å². The Hall–Kier alpha value is 0.240. The summed E-state index contributed by atoms with van der Waals surface area (Å²) in [6, 6.07) is 0.304. The fourth-order valence-corrected chi connectivity index (χ4v) is 1.72. The van der Waals surface area contributed by atoms with Crippen LogP contribution in [0.2, 0.25) is 0 Å². The third kappa shape index (κ3) is 3.31. The number of piperidine rings is 1. The lowest BCUT2D eigenvalue weighted by molar-refractivity contribution is 0.228. The summed E-state index contributed by atoms with van der Waals surface area (Å²) in [5, 5.41) is 0.686. The zero-order chi connectivity index (χ0) is 8.97. The molecule has 0 aromatic heterocycles. The molecule has 0 saturated carbocycles. The predicted octanol–water partition coefficient (Wildman–Crippen LogP) is 1.73. The van der Waals surface area contributed by atoms with Crippen molar-refractivity contribution in [3.05, 3.63) is 10.6 Å². The molecule has 12 heavy (non-hydrogen) atoms. The Labute approximate surface area is 83.3 Å². The van der Waals surface area contributed by atoms with E-state index in [1.54, 1.807) is 0 Å². The van der Waals surface area contributed by atoms with Crippen molar-refractivity contribution in [2.24, 2.45) is 5.73 Å². The van der Waals surface area contributed by atoms with E-state index in [9.17, 15) is 0 Å². The van der Waals surface area contributed by atoms with E-state index in [1.807, 2.05) is 0 Å². The molecule has 2 nitrogen and oxygen atoms in total. The summed E-state index contributed by atoms with van der Waals surface area (Å²) >= 11 is 11.2. The average molecular weight is 209 g/mol. The van der Waals surface area contributed by atoms with Gasteiger partial charge in [-0.3, -0.25) is 4.90 Å². The molecule has 1 rings (SSSR count). The molecule has 1 heterocycles. The lowest BCUT2D eigenvalue weighted by Crippen LogP contribution is -2.43. The summed E-state index contributed by atoms with van der Waals surface area (Å²) < 4.78 is 0. The van der Waals surface area contributed by atoms with Crippen molar-refractivity contribution < 1.29 is 0 Å². The van der Waals surface area contributed by atoms with Gasteiger partial charge in [0.1, 0.15) is 0 Å². The van der Waals surface area contributed by atoms with Crippen molar-refractivity contribution in [3.8, 4) is 0 Å². The normalized spacial score (nSPS) is 27.6. The van der Waals surface area contributed by atoms with Gasteiger partial charge in [0.25, 0.3) is 0 Å².